The molecule has 0 saturated heterocycles. The van der Waals surface area contributed by atoms with Crippen molar-refractivity contribution in [3.8, 4) is 0 Å². The van der Waals surface area contributed by atoms with E-state index in [1.807, 2.05) is 0 Å². The third-order valence-corrected chi connectivity index (χ3v) is 10.0. The maximum absolute atomic E-state index is 4.00. The van der Waals surface area contributed by atoms with E-state index in [9.17, 15) is 0 Å². The van der Waals surface area contributed by atoms with Crippen molar-refractivity contribution in [3.63, 3.8) is 0 Å². The van der Waals surface area contributed by atoms with Crippen molar-refractivity contribution in [2.45, 2.75) is 125 Å². The van der Waals surface area contributed by atoms with E-state index in [-0.39, 0.29) is 0 Å². The lowest BCUT2D eigenvalue weighted by atomic mass is 9.33. The molecule has 4 rings (SSSR count). The van der Waals surface area contributed by atoms with Gasteiger partial charge in [0.25, 0.3) is 7.28 Å². The van der Waals surface area contributed by atoms with Crippen LogP contribution in [0.1, 0.15) is 119 Å². The lowest BCUT2D eigenvalue weighted by molar-refractivity contribution is -0.699. The summed E-state index contributed by atoms with van der Waals surface area (Å²) in [7, 11) is 2.75. The van der Waals surface area contributed by atoms with E-state index >= 15 is 0 Å². The summed E-state index contributed by atoms with van der Waals surface area (Å²) in [5.74, 6) is 4.15. The summed E-state index contributed by atoms with van der Waals surface area (Å²) < 4.78 is 5.02. The SMILES string of the molecule is C=CCC(C)CC1(C)C2CC(C([B]c3n(C(C)C)cc[n+]3C(C)C)(CC)CCC)C(C)C1C2. The van der Waals surface area contributed by atoms with E-state index in [0.29, 0.717) is 22.8 Å². The number of fused-ring (bicyclic) bond motifs is 2. The van der Waals surface area contributed by atoms with Crippen molar-refractivity contribution in [2.24, 2.45) is 35.0 Å². The predicted molar refractivity (Wildman–Crippen MR) is 144 cm³/mol. The molecule has 7 atom stereocenters. The van der Waals surface area contributed by atoms with Gasteiger partial charge in [-0.3, -0.25) is 0 Å². The highest BCUT2D eigenvalue weighted by Crippen LogP contribution is 2.69. The van der Waals surface area contributed by atoms with Crippen LogP contribution in [0.15, 0.2) is 25.0 Å². The third kappa shape index (κ3) is 4.77. The van der Waals surface area contributed by atoms with Crippen LogP contribution in [-0.4, -0.2) is 11.8 Å². The summed E-state index contributed by atoms with van der Waals surface area (Å²) >= 11 is 0. The molecule has 185 valence electrons. The monoisotopic (exact) mass is 452 g/mol. The van der Waals surface area contributed by atoms with Crippen LogP contribution in [0, 0.1) is 35.0 Å². The van der Waals surface area contributed by atoms with Crippen LogP contribution >= 0.6 is 0 Å². The quantitative estimate of drug-likeness (QED) is 0.176. The summed E-state index contributed by atoms with van der Waals surface area (Å²) in [4.78, 5) is 0. The number of hydrogen-bond donors (Lipinski definition) is 0. The van der Waals surface area contributed by atoms with Crippen molar-refractivity contribution in [1.29, 1.82) is 0 Å². The van der Waals surface area contributed by atoms with E-state index in [4.69, 9.17) is 0 Å². The molecule has 2 bridgehead atoms. The van der Waals surface area contributed by atoms with Crippen LogP contribution in [0.4, 0.5) is 0 Å². The smallest absolute Gasteiger partial charge is 0.242 e. The Balaban J connectivity index is 1.92. The van der Waals surface area contributed by atoms with Gasteiger partial charge in [0.1, 0.15) is 12.4 Å². The molecule has 7 unspecified atom stereocenters. The summed E-state index contributed by atoms with van der Waals surface area (Å²) in [6.45, 7) is 25.8. The van der Waals surface area contributed by atoms with E-state index in [1.165, 1.54) is 44.2 Å². The lowest BCUT2D eigenvalue weighted by Gasteiger charge is -2.67. The molecule has 3 fully saturated rings. The van der Waals surface area contributed by atoms with Gasteiger partial charge in [-0.15, -0.1) is 6.58 Å². The first-order valence-corrected chi connectivity index (χ1v) is 14.1. The Labute approximate surface area is 206 Å². The number of imidazole rings is 1. The molecule has 1 aromatic rings. The topological polar surface area (TPSA) is 8.81 Å². The highest BCUT2D eigenvalue weighted by atomic mass is 15.2. The fourth-order valence-corrected chi connectivity index (χ4v) is 8.24. The molecule has 1 heterocycles. The molecule has 1 radical (unpaired) electrons. The molecular weight excluding hydrogens is 399 g/mol. The zero-order valence-corrected chi connectivity index (χ0v) is 23.4. The van der Waals surface area contributed by atoms with Crippen molar-refractivity contribution in [2.75, 3.05) is 0 Å². The maximum atomic E-state index is 4.00. The highest BCUT2D eigenvalue weighted by molar-refractivity contribution is 6.54. The Bertz CT molecular complexity index is 770. The fraction of sp³-hybridized carbons (Fsp3) is 0.833. The molecule has 3 aliphatic rings. The van der Waals surface area contributed by atoms with Crippen molar-refractivity contribution >= 4 is 13.0 Å². The second-order valence-corrected chi connectivity index (χ2v) is 12.7. The molecule has 33 heavy (non-hydrogen) atoms. The van der Waals surface area contributed by atoms with Crippen molar-refractivity contribution < 1.29 is 4.57 Å². The van der Waals surface area contributed by atoms with E-state index < -0.39 is 0 Å². The van der Waals surface area contributed by atoms with Crippen LogP contribution < -0.4 is 10.3 Å². The van der Waals surface area contributed by atoms with E-state index in [1.54, 1.807) is 0 Å². The van der Waals surface area contributed by atoms with Crippen LogP contribution in [0.3, 0.4) is 0 Å². The van der Waals surface area contributed by atoms with Crippen LogP contribution in [0.25, 0.3) is 0 Å². The highest BCUT2D eigenvalue weighted by Gasteiger charge is 2.62. The molecule has 3 heteroatoms. The lowest BCUT2D eigenvalue weighted by Crippen LogP contribution is -2.62. The minimum atomic E-state index is 0.292. The van der Waals surface area contributed by atoms with Crippen LogP contribution in [0.5, 0.6) is 0 Å². The number of allylic oxidation sites excluding steroid dienone is 1. The van der Waals surface area contributed by atoms with Gasteiger partial charge in [-0.1, -0.05) is 60.0 Å². The van der Waals surface area contributed by atoms with Gasteiger partial charge < -0.3 is 0 Å². The summed E-state index contributed by atoms with van der Waals surface area (Å²) in [5, 5.41) is 0.292. The van der Waals surface area contributed by atoms with Crippen molar-refractivity contribution in [1.82, 2.24) is 4.57 Å². The number of aromatic nitrogens is 2. The number of rotatable bonds is 12. The molecule has 0 amide bonds. The van der Waals surface area contributed by atoms with Crippen LogP contribution in [-0.2, 0) is 0 Å². The minimum Gasteiger partial charge on any atom is -0.242 e. The molecule has 0 N–H and O–H groups in total. The minimum absolute atomic E-state index is 0.292. The third-order valence-electron chi connectivity index (χ3n) is 10.0. The van der Waals surface area contributed by atoms with Gasteiger partial charge in [-0.25, -0.2) is 9.13 Å². The molecule has 1 aromatic heterocycles. The van der Waals surface area contributed by atoms with Crippen LogP contribution in [0.2, 0.25) is 5.31 Å². The molecular formula is C30H53BN2+. The van der Waals surface area contributed by atoms with Gasteiger partial charge in [0.05, 0.1) is 12.1 Å². The maximum Gasteiger partial charge on any atom is 0.275 e. The molecule has 0 aliphatic heterocycles. The van der Waals surface area contributed by atoms with Gasteiger partial charge in [-0.2, -0.15) is 0 Å². The average molecular weight is 453 g/mol. The normalized spacial score (nSPS) is 31.8. The zero-order chi connectivity index (χ0) is 24.6. The standard InChI is InChI=1S/C30H53BN2/c1-11-14-23(8)20-29(10)25-18-26(29)24(9)27(19-25)30(13-3,15-12-2)31-28-32(21(4)5)16-17-33(28)22(6)7/h11,16-17,21-27H,1,12-15,18-20H2,2-10H3/q+1. The summed E-state index contributed by atoms with van der Waals surface area (Å²) in [6, 6.07) is 0.971. The fourth-order valence-electron chi connectivity index (χ4n) is 8.24. The van der Waals surface area contributed by atoms with E-state index in [2.05, 4.69) is 104 Å². The first kappa shape index (κ1) is 26.6. The number of hydrogen-bond acceptors (Lipinski definition) is 0. The second-order valence-electron chi connectivity index (χ2n) is 12.7. The van der Waals surface area contributed by atoms with Gasteiger partial charge in [0, 0.05) is 0 Å². The Morgan fingerprint density at radius 2 is 1.94 bits per heavy atom. The molecule has 2 nitrogen and oxygen atoms in total. The van der Waals surface area contributed by atoms with Gasteiger partial charge in [-0.05, 0) is 93.7 Å². The first-order valence-electron chi connectivity index (χ1n) is 14.1. The number of nitrogens with zero attached hydrogens (tertiary/aromatic N) is 2. The molecule has 3 saturated carbocycles. The van der Waals surface area contributed by atoms with Gasteiger partial charge >= 0.3 is 0 Å². The first-order chi connectivity index (χ1) is 15.5. The van der Waals surface area contributed by atoms with E-state index in [0.717, 1.165) is 36.0 Å². The molecule has 3 aliphatic carbocycles. The molecule has 0 aromatic carbocycles. The zero-order valence-electron chi connectivity index (χ0n) is 23.4. The largest absolute Gasteiger partial charge is 0.275 e. The summed E-state index contributed by atoms with van der Waals surface area (Å²) in [5.41, 5.74) is 1.98. The predicted octanol–water partition coefficient (Wildman–Crippen LogP) is 7.54. The Morgan fingerprint density at radius 1 is 1.24 bits per heavy atom. The average Bonchev–Trinajstić information content (AvgIpc) is 3.17. The Hall–Kier alpha value is -0.985. The second kappa shape index (κ2) is 10.3. The van der Waals surface area contributed by atoms with Crippen molar-refractivity contribution in [3.05, 3.63) is 25.0 Å². The Kier molecular flexibility index (Phi) is 8.33. The Morgan fingerprint density at radius 3 is 2.45 bits per heavy atom. The molecule has 0 spiro atoms. The van der Waals surface area contributed by atoms with Gasteiger partial charge in [0.15, 0.2) is 5.72 Å². The summed E-state index contributed by atoms with van der Waals surface area (Å²) in [6.07, 6.45) is 16.0. The van der Waals surface area contributed by atoms with Gasteiger partial charge in [0.2, 0.25) is 0 Å².